The standard InChI is InChI=1S/C25H31N3O3/c1-5-8-23(29)26-24-20-15-16-28(17-19-11-9-18(4)10-12-19)21(20)13-14-22(24)31-25(30)27(6-2)7-3/h9-16H,5-8,17H2,1-4H3,(H,26,29). The van der Waals surface area contributed by atoms with E-state index in [4.69, 9.17) is 4.74 Å². The number of carbonyl (C=O) groups is 2. The number of hydrogen-bond acceptors (Lipinski definition) is 3. The maximum atomic E-state index is 12.5. The lowest BCUT2D eigenvalue weighted by molar-refractivity contribution is -0.116. The molecule has 0 aliphatic rings. The fraction of sp³-hybridized carbons (Fsp3) is 0.360. The molecule has 0 spiro atoms. The molecule has 0 unspecified atom stereocenters. The van der Waals surface area contributed by atoms with Crippen LogP contribution in [0.25, 0.3) is 10.9 Å². The maximum absolute atomic E-state index is 12.5. The zero-order valence-corrected chi connectivity index (χ0v) is 18.8. The van der Waals surface area contributed by atoms with Crippen LogP contribution in [0, 0.1) is 6.92 Å². The molecule has 3 aromatic rings. The van der Waals surface area contributed by atoms with Gasteiger partial charge >= 0.3 is 6.09 Å². The highest BCUT2D eigenvalue weighted by molar-refractivity contribution is 6.04. The number of nitrogens with zero attached hydrogens (tertiary/aromatic N) is 2. The van der Waals surface area contributed by atoms with Crippen molar-refractivity contribution in [2.24, 2.45) is 0 Å². The van der Waals surface area contributed by atoms with E-state index in [0.717, 1.165) is 17.3 Å². The Hall–Kier alpha value is -3.28. The van der Waals surface area contributed by atoms with E-state index in [9.17, 15) is 9.59 Å². The Morgan fingerprint density at radius 2 is 1.71 bits per heavy atom. The van der Waals surface area contributed by atoms with Crippen molar-refractivity contribution in [2.45, 2.75) is 47.1 Å². The van der Waals surface area contributed by atoms with Crippen molar-refractivity contribution in [2.75, 3.05) is 18.4 Å². The third-order valence-electron chi connectivity index (χ3n) is 5.35. The molecule has 0 aliphatic heterocycles. The van der Waals surface area contributed by atoms with Gasteiger partial charge < -0.3 is 19.5 Å². The van der Waals surface area contributed by atoms with Crippen molar-refractivity contribution in [3.8, 4) is 5.75 Å². The second-order valence-corrected chi connectivity index (χ2v) is 7.64. The number of amides is 2. The second-order valence-electron chi connectivity index (χ2n) is 7.64. The molecule has 0 aliphatic carbocycles. The summed E-state index contributed by atoms with van der Waals surface area (Å²) in [5.41, 5.74) is 3.92. The maximum Gasteiger partial charge on any atom is 0.415 e. The molecule has 0 atom stereocenters. The van der Waals surface area contributed by atoms with Gasteiger partial charge in [0.05, 0.1) is 11.2 Å². The normalized spacial score (nSPS) is 10.8. The van der Waals surface area contributed by atoms with E-state index in [2.05, 4.69) is 41.1 Å². The Bertz CT molecular complexity index is 1050. The van der Waals surface area contributed by atoms with Crippen LogP contribution >= 0.6 is 0 Å². The van der Waals surface area contributed by atoms with Gasteiger partial charge in [-0.05, 0) is 51.0 Å². The Morgan fingerprint density at radius 1 is 1.00 bits per heavy atom. The molecule has 1 heterocycles. The molecule has 6 nitrogen and oxygen atoms in total. The van der Waals surface area contributed by atoms with Crippen molar-refractivity contribution in [3.05, 3.63) is 59.8 Å². The fourth-order valence-corrected chi connectivity index (χ4v) is 3.56. The highest BCUT2D eigenvalue weighted by Crippen LogP contribution is 2.35. The van der Waals surface area contributed by atoms with Crippen LogP contribution in [0.3, 0.4) is 0 Å². The topological polar surface area (TPSA) is 63.6 Å². The molecule has 1 N–H and O–H groups in total. The highest BCUT2D eigenvalue weighted by Gasteiger charge is 2.19. The number of aromatic nitrogens is 1. The molecular formula is C25H31N3O3. The number of ether oxygens (including phenoxy) is 1. The number of aryl methyl sites for hydroxylation is 1. The molecule has 164 valence electrons. The second kappa shape index (κ2) is 10.2. The number of nitrogens with one attached hydrogen (secondary N) is 1. The van der Waals surface area contributed by atoms with E-state index in [1.165, 1.54) is 11.1 Å². The SMILES string of the molecule is CCCC(=O)Nc1c(OC(=O)N(CC)CC)ccc2c1ccn2Cc1ccc(C)cc1. The van der Waals surface area contributed by atoms with E-state index in [1.807, 2.05) is 39.1 Å². The van der Waals surface area contributed by atoms with E-state index in [1.54, 1.807) is 11.0 Å². The molecule has 2 aromatic carbocycles. The minimum Gasteiger partial charge on any atom is -0.408 e. The molecule has 1 aromatic heterocycles. The summed E-state index contributed by atoms with van der Waals surface area (Å²) in [6, 6.07) is 14.1. The Kier molecular flexibility index (Phi) is 7.34. The van der Waals surface area contributed by atoms with Crippen LogP contribution in [0.4, 0.5) is 10.5 Å². The molecule has 0 saturated carbocycles. The number of carbonyl (C=O) groups excluding carboxylic acids is 2. The van der Waals surface area contributed by atoms with Gasteiger partial charge in [-0.1, -0.05) is 36.8 Å². The molecule has 0 radical (unpaired) electrons. The predicted octanol–water partition coefficient (Wildman–Crippen LogP) is 5.58. The molecule has 0 saturated heterocycles. The average molecular weight is 422 g/mol. The lowest BCUT2D eigenvalue weighted by atomic mass is 10.1. The molecule has 0 bridgehead atoms. The van der Waals surface area contributed by atoms with Crippen molar-refractivity contribution < 1.29 is 14.3 Å². The largest absolute Gasteiger partial charge is 0.415 e. The summed E-state index contributed by atoms with van der Waals surface area (Å²) in [5, 5.41) is 3.82. The third-order valence-corrected chi connectivity index (χ3v) is 5.35. The van der Waals surface area contributed by atoms with E-state index in [0.29, 0.717) is 37.5 Å². The van der Waals surface area contributed by atoms with Crippen LogP contribution in [0.2, 0.25) is 0 Å². The van der Waals surface area contributed by atoms with Crippen molar-refractivity contribution in [1.29, 1.82) is 0 Å². The first-order chi connectivity index (χ1) is 15.0. The van der Waals surface area contributed by atoms with Crippen LogP contribution in [-0.2, 0) is 11.3 Å². The van der Waals surface area contributed by atoms with Gasteiger partial charge in [-0.25, -0.2) is 4.79 Å². The van der Waals surface area contributed by atoms with Gasteiger partial charge in [-0.3, -0.25) is 4.79 Å². The molecule has 31 heavy (non-hydrogen) atoms. The van der Waals surface area contributed by atoms with Crippen LogP contribution in [0.5, 0.6) is 5.75 Å². The summed E-state index contributed by atoms with van der Waals surface area (Å²) in [6.07, 6.45) is 2.72. The smallest absolute Gasteiger partial charge is 0.408 e. The van der Waals surface area contributed by atoms with Gasteiger partial charge in [0.15, 0.2) is 5.75 Å². The molecular weight excluding hydrogens is 390 g/mol. The first-order valence-corrected chi connectivity index (χ1v) is 10.9. The average Bonchev–Trinajstić information content (AvgIpc) is 3.15. The van der Waals surface area contributed by atoms with Gasteiger partial charge in [0.1, 0.15) is 0 Å². The fourth-order valence-electron chi connectivity index (χ4n) is 3.56. The summed E-state index contributed by atoms with van der Waals surface area (Å²) >= 11 is 0. The molecule has 3 rings (SSSR count). The third kappa shape index (κ3) is 5.26. The van der Waals surface area contributed by atoms with Crippen molar-refractivity contribution >= 4 is 28.6 Å². The molecule has 6 heteroatoms. The molecule has 2 amide bonds. The first-order valence-electron chi connectivity index (χ1n) is 10.9. The van der Waals surface area contributed by atoms with Crippen LogP contribution in [0.15, 0.2) is 48.7 Å². The zero-order valence-electron chi connectivity index (χ0n) is 18.8. The Morgan fingerprint density at radius 3 is 2.35 bits per heavy atom. The van der Waals surface area contributed by atoms with Crippen LogP contribution in [-0.4, -0.2) is 34.6 Å². The summed E-state index contributed by atoms with van der Waals surface area (Å²) in [7, 11) is 0. The van der Waals surface area contributed by atoms with Gasteiger partial charge in [-0.15, -0.1) is 0 Å². The number of hydrogen-bond donors (Lipinski definition) is 1. The monoisotopic (exact) mass is 421 g/mol. The van der Waals surface area contributed by atoms with Gasteiger partial charge in [-0.2, -0.15) is 0 Å². The quantitative estimate of drug-likeness (QED) is 0.517. The number of rotatable bonds is 8. The minimum absolute atomic E-state index is 0.0959. The predicted molar refractivity (Wildman–Crippen MR) is 125 cm³/mol. The van der Waals surface area contributed by atoms with Gasteiger partial charge in [0.2, 0.25) is 5.91 Å². The first kappa shape index (κ1) is 22.4. The van der Waals surface area contributed by atoms with Gasteiger partial charge in [0, 0.05) is 37.6 Å². The minimum atomic E-state index is -0.422. The summed E-state index contributed by atoms with van der Waals surface area (Å²) in [6.45, 7) is 9.67. The van der Waals surface area contributed by atoms with E-state index >= 15 is 0 Å². The van der Waals surface area contributed by atoms with Gasteiger partial charge in [0.25, 0.3) is 0 Å². The lowest BCUT2D eigenvalue weighted by Crippen LogP contribution is -2.33. The zero-order chi connectivity index (χ0) is 22.4. The summed E-state index contributed by atoms with van der Waals surface area (Å²) in [4.78, 5) is 26.5. The molecule has 0 fully saturated rings. The summed E-state index contributed by atoms with van der Waals surface area (Å²) in [5.74, 6) is 0.267. The number of fused-ring (bicyclic) bond motifs is 1. The van der Waals surface area contributed by atoms with Crippen LogP contribution < -0.4 is 10.1 Å². The van der Waals surface area contributed by atoms with E-state index in [-0.39, 0.29) is 5.91 Å². The van der Waals surface area contributed by atoms with E-state index < -0.39 is 6.09 Å². The van der Waals surface area contributed by atoms with Crippen molar-refractivity contribution in [1.82, 2.24) is 9.47 Å². The number of anilines is 1. The summed E-state index contributed by atoms with van der Waals surface area (Å²) < 4.78 is 7.81. The Labute approximate surface area is 183 Å². The van der Waals surface area contributed by atoms with Crippen molar-refractivity contribution in [3.63, 3.8) is 0 Å². The highest BCUT2D eigenvalue weighted by atomic mass is 16.6. The number of benzene rings is 2. The lowest BCUT2D eigenvalue weighted by Gasteiger charge is -2.20. The Balaban J connectivity index is 1.98. The van der Waals surface area contributed by atoms with Crippen LogP contribution in [0.1, 0.15) is 44.7 Å².